The van der Waals surface area contributed by atoms with Crippen LogP contribution in [0.3, 0.4) is 0 Å². The quantitative estimate of drug-likeness (QED) is 0.456. The van der Waals surface area contributed by atoms with Crippen LogP contribution in [-0.2, 0) is 4.74 Å². The number of carbonyl (C=O) groups is 2. The fourth-order valence-electron chi connectivity index (χ4n) is 7.61. The zero-order chi connectivity index (χ0) is 26.0. The summed E-state index contributed by atoms with van der Waals surface area (Å²) >= 11 is 0. The van der Waals surface area contributed by atoms with Gasteiger partial charge in [-0.2, -0.15) is 0 Å². The van der Waals surface area contributed by atoms with E-state index in [0.29, 0.717) is 12.0 Å². The first-order valence-corrected chi connectivity index (χ1v) is 15.0. The summed E-state index contributed by atoms with van der Waals surface area (Å²) in [5, 5.41) is 0. The molecule has 2 unspecified atom stereocenters. The Morgan fingerprint density at radius 2 is 1.73 bits per heavy atom. The second-order valence-corrected chi connectivity index (χ2v) is 12.2. The molecule has 4 fully saturated rings. The maximum atomic E-state index is 13.3. The average molecular weight is 510 g/mol. The van der Waals surface area contributed by atoms with E-state index in [1.165, 1.54) is 32.1 Å². The molecule has 2 atom stereocenters. The minimum absolute atomic E-state index is 0.0636. The van der Waals surface area contributed by atoms with E-state index in [1.54, 1.807) is 0 Å². The van der Waals surface area contributed by atoms with Crippen molar-refractivity contribution in [2.75, 3.05) is 32.7 Å². The predicted molar refractivity (Wildman–Crippen MR) is 147 cm³/mol. The zero-order valence-electron chi connectivity index (χ0n) is 23.3. The number of likely N-dealkylation sites (tertiary alicyclic amines) is 2. The number of hydrogen-bond donors (Lipinski definition) is 0. The third kappa shape index (κ3) is 5.41. The maximum Gasteiger partial charge on any atom is 0.410 e. The lowest BCUT2D eigenvalue weighted by atomic mass is 9.80. The van der Waals surface area contributed by atoms with Crippen LogP contribution in [0.5, 0.6) is 0 Å². The van der Waals surface area contributed by atoms with Crippen molar-refractivity contribution in [1.82, 2.24) is 14.7 Å². The van der Waals surface area contributed by atoms with Crippen molar-refractivity contribution in [3.05, 3.63) is 34.9 Å². The van der Waals surface area contributed by atoms with E-state index in [0.717, 1.165) is 87.9 Å². The van der Waals surface area contributed by atoms with Crippen LogP contribution in [0.25, 0.3) is 0 Å². The Balaban J connectivity index is 1.21. The molecule has 1 saturated carbocycles. The molecule has 6 nitrogen and oxygen atoms in total. The lowest BCUT2D eigenvalue weighted by Gasteiger charge is -2.44. The number of carbonyl (C=O) groups excluding carboxylic acids is 2. The van der Waals surface area contributed by atoms with Crippen LogP contribution >= 0.6 is 0 Å². The molecule has 3 aliphatic heterocycles. The molecule has 1 aromatic carbocycles. The average Bonchev–Trinajstić information content (AvgIpc) is 3.48. The number of benzene rings is 1. The number of amides is 2. The van der Waals surface area contributed by atoms with Gasteiger partial charge in [-0.15, -0.1) is 0 Å². The summed E-state index contributed by atoms with van der Waals surface area (Å²) in [6, 6.07) is 6.71. The zero-order valence-corrected chi connectivity index (χ0v) is 23.3. The van der Waals surface area contributed by atoms with Crippen molar-refractivity contribution in [3.8, 4) is 0 Å². The molecule has 204 valence electrons. The molecule has 4 aliphatic rings. The van der Waals surface area contributed by atoms with Crippen molar-refractivity contribution in [2.24, 2.45) is 5.92 Å². The first-order valence-electron chi connectivity index (χ1n) is 15.0. The summed E-state index contributed by atoms with van der Waals surface area (Å²) in [5.74, 6) is 0.814. The Labute approximate surface area is 223 Å². The second-order valence-electron chi connectivity index (χ2n) is 12.2. The largest absolute Gasteiger partial charge is 0.440 e. The van der Waals surface area contributed by atoms with Crippen molar-refractivity contribution in [3.63, 3.8) is 0 Å². The summed E-state index contributed by atoms with van der Waals surface area (Å²) in [5.41, 5.74) is 2.67. The SMILES string of the molecule is CCCCC1N(CC2CCCCC2)C(=O)OC12CCN(C1CCN(C(=O)c3c(C)cccc3C)C1)CC2. The van der Waals surface area contributed by atoms with E-state index >= 15 is 0 Å². The van der Waals surface area contributed by atoms with Gasteiger partial charge >= 0.3 is 6.09 Å². The Morgan fingerprint density at radius 1 is 1.03 bits per heavy atom. The molecule has 0 bridgehead atoms. The number of aryl methyl sites for hydroxylation is 2. The fraction of sp³-hybridized carbons (Fsp3) is 0.742. The normalized spacial score (nSPS) is 26.7. The number of nitrogens with zero attached hydrogens (tertiary/aromatic N) is 3. The van der Waals surface area contributed by atoms with E-state index in [2.05, 4.69) is 21.6 Å². The molecule has 1 aliphatic carbocycles. The van der Waals surface area contributed by atoms with Gasteiger partial charge in [0.25, 0.3) is 5.91 Å². The van der Waals surface area contributed by atoms with Crippen LogP contribution in [0.4, 0.5) is 4.79 Å². The summed E-state index contributed by atoms with van der Waals surface area (Å²) in [6.07, 6.45) is 12.6. The smallest absolute Gasteiger partial charge is 0.410 e. The van der Waals surface area contributed by atoms with Gasteiger partial charge < -0.3 is 14.5 Å². The molecule has 2 amide bonds. The highest BCUT2D eigenvalue weighted by molar-refractivity contribution is 5.97. The van der Waals surface area contributed by atoms with Crippen LogP contribution in [-0.4, -0.2) is 77.1 Å². The minimum Gasteiger partial charge on any atom is -0.440 e. The van der Waals surface area contributed by atoms with Gasteiger partial charge in [0.1, 0.15) is 5.60 Å². The van der Waals surface area contributed by atoms with E-state index in [4.69, 9.17) is 4.74 Å². The molecule has 0 radical (unpaired) electrons. The molecule has 1 aromatic rings. The Hall–Kier alpha value is -2.08. The van der Waals surface area contributed by atoms with Crippen LogP contribution in [0, 0.1) is 19.8 Å². The lowest BCUT2D eigenvalue weighted by molar-refractivity contribution is -0.0322. The molecular weight excluding hydrogens is 462 g/mol. The third-order valence-corrected chi connectivity index (χ3v) is 9.83. The van der Waals surface area contributed by atoms with Crippen LogP contribution in [0.1, 0.15) is 99.0 Å². The molecular formula is C31H47N3O3. The van der Waals surface area contributed by atoms with Gasteiger partial charge in [-0.3, -0.25) is 9.69 Å². The van der Waals surface area contributed by atoms with E-state index in [9.17, 15) is 9.59 Å². The molecule has 0 N–H and O–H groups in total. The highest BCUT2D eigenvalue weighted by Crippen LogP contribution is 2.43. The Morgan fingerprint density at radius 3 is 2.41 bits per heavy atom. The molecule has 37 heavy (non-hydrogen) atoms. The van der Waals surface area contributed by atoms with Crippen molar-refractivity contribution >= 4 is 12.0 Å². The van der Waals surface area contributed by atoms with Gasteiger partial charge in [0.05, 0.1) is 6.04 Å². The highest BCUT2D eigenvalue weighted by Gasteiger charge is 2.55. The topological polar surface area (TPSA) is 53.1 Å². The van der Waals surface area contributed by atoms with Gasteiger partial charge in [0, 0.05) is 57.2 Å². The molecule has 6 heteroatoms. The summed E-state index contributed by atoms with van der Waals surface area (Å²) in [6.45, 7) is 10.7. The van der Waals surface area contributed by atoms with Gasteiger partial charge in [0.15, 0.2) is 0 Å². The number of ether oxygens (including phenoxy) is 1. The highest BCUT2D eigenvalue weighted by atomic mass is 16.6. The fourth-order valence-corrected chi connectivity index (χ4v) is 7.61. The predicted octanol–water partition coefficient (Wildman–Crippen LogP) is 5.94. The van der Waals surface area contributed by atoms with Gasteiger partial charge in [-0.1, -0.05) is 57.2 Å². The van der Waals surface area contributed by atoms with E-state index in [-0.39, 0.29) is 23.6 Å². The standard InChI is InChI=1S/C31H47N3O3/c1-4-5-14-27-31(37-30(36)34(27)21-25-12-7-6-8-13-25)16-19-32(20-17-31)26-15-18-33(22-26)29(35)28-23(2)10-9-11-24(28)3/h9-11,25-27H,4-8,12-22H2,1-3H3. The number of piperidine rings is 1. The summed E-state index contributed by atoms with van der Waals surface area (Å²) in [7, 11) is 0. The monoisotopic (exact) mass is 509 g/mol. The first kappa shape index (κ1) is 26.5. The Kier molecular flexibility index (Phi) is 8.13. The van der Waals surface area contributed by atoms with Crippen LogP contribution < -0.4 is 0 Å². The number of rotatable bonds is 7. The summed E-state index contributed by atoms with van der Waals surface area (Å²) < 4.78 is 6.30. The van der Waals surface area contributed by atoms with Gasteiger partial charge in [-0.25, -0.2) is 4.79 Å². The van der Waals surface area contributed by atoms with Gasteiger partial charge in [-0.05, 0) is 56.6 Å². The molecule has 1 spiro atoms. The molecule has 3 saturated heterocycles. The van der Waals surface area contributed by atoms with E-state index in [1.807, 2.05) is 32.0 Å². The molecule has 5 rings (SSSR count). The van der Waals surface area contributed by atoms with Crippen molar-refractivity contribution < 1.29 is 14.3 Å². The number of hydrogen-bond acceptors (Lipinski definition) is 4. The lowest BCUT2D eigenvalue weighted by Crippen LogP contribution is -2.55. The third-order valence-electron chi connectivity index (χ3n) is 9.83. The van der Waals surface area contributed by atoms with Crippen molar-refractivity contribution in [1.29, 1.82) is 0 Å². The maximum absolute atomic E-state index is 13.3. The number of unbranched alkanes of at least 4 members (excludes halogenated alkanes) is 1. The van der Waals surface area contributed by atoms with Gasteiger partial charge in [0.2, 0.25) is 0 Å². The van der Waals surface area contributed by atoms with Crippen LogP contribution in [0.15, 0.2) is 18.2 Å². The second kappa shape index (κ2) is 11.3. The summed E-state index contributed by atoms with van der Waals surface area (Å²) in [4.78, 5) is 33.3. The van der Waals surface area contributed by atoms with Crippen LogP contribution in [0.2, 0.25) is 0 Å². The minimum atomic E-state index is -0.330. The Bertz CT molecular complexity index is 944. The first-order chi connectivity index (χ1) is 17.9. The van der Waals surface area contributed by atoms with E-state index < -0.39 is 0 Å². The molecule has 3 heterocycles. The molecule has 0 aromatic heterocycles. The van der Waals surface area contributed by atoms with Crippen molar-refractivity contribution in [2.45, 2.75) is 109 Å².